The van der Waals surface area contributed by atoms with Crippen molar-refractivity contribution in [3.05, 3.63) is 45.7 Å². The second kappa shape index (κ2) is 5.15. The van der Waals surface area contributed by atoms with Crippen molar-refractivity contribution in [1.82, 2.24) is 0 Å². The molecule has 5 N–H and O–H groups in total. The lowest BCUT2D eigenvalue weighted by Gasteiger charge is -2.14. The largest absolute Gasteiger partial charge is 0.397 e. The van der Waals surface area contributed by atoms with E-state index < -0.39 is 5.82 Å². The molecule has 6 heteroatoms. The molecular weight excluding hydrogens is 288 g/mol. The molecule has 0 saturated heterocycles. The van der Waals surface area contributed by atoms with Crippen molar-refractivity contribution < 1.29 is 4.39 Å². The fourth-order valence-corrected chi connectivity index (χ4v) is 1.98. The summed E-state index contributed by atoms with van der Waals surface area (Å²) in [6, 6.07) is 6.75. The highest BCUT2D eigenvalue weighted by atomic mass is 35.5. The minimum atomic E-state index is -0.697. The third kappa shape index (κ3) is 2.69. The lowest BCUT2D eigenvalue weighted by Crippen LogP contribution is -2.03. The highest BCUT2D eigenvalue weighted by molar-refractivity contribution is 6.34. The molecule has 0 aromatic heterocycles. The van der Waals surface area contributed by atoms with E-state index in [1.54, 1.807) is 12.1 Å². The van der Waals surface area contributed by atoms with Gasteiger partial charge in [-0.2, -0.15) is 0 Å². The van der Waals surface area contributed by atoms with Crippen LogP contribution in [0.5, 0.6) is 0 Å². The van der Waals surface area contributed by atoms with E-state index in [4.69, 9.17) is 34.7 Å². The van der Waals surface area contributed by atoms with E-state index >= 15 is 0 Å². The Kier molecular flexibility index (Phi) is 3.73. The van der Waals surface area contributed by atoms with Gasteiger partial charge in [0.1, 0.15) is 5.02 Å². The Hall–Kier alpha value is -1.65. The smallest absolute Gasteiger partial charge is 0.169 e. The summed E-state index contributed by atoms with van der Waals surface area (Å²) in [7, 11) is 0. The van der Waals surface area contributed by atoms with Crippen LogP contribution in [0.25, 0.3) is 0 Å². The first kappa shape index (κ1) is 13.8. The summed E-state index contributed by atoms with van der Waals surface area (Å²) in [6.07, 6.45) is 0. The number of nitrogen functional groups attached to an aromatic ring is 2. The molecule has 0 heterocycles. The van der Waals surface area contributed by atoms with Crippen molar-refractivity contribution in [3.8, 4) is 0 Å². The molecule has 0 spiro atoms. The molecule has 3 nitrogen and oxygen atoms in total. The zero-order valence-electron chi connectivity index (χ0n) is 10.1. The van der Waals surface area contributed by atoms with Gasteiger partial charge < -0.3 is 16.8 Å². The summed E-state index contributed by atoms with van der Waals surface area (Å²) >= 11 is 11.8. The van der Waals surface area contributed by atoms with Crippen molar-refractivity contribution in [2.45, 2.75) is 6.92 Å². The summed E-state index contributed by atoms with van der Waals surface area (Å²) in [5, 5.41) is 3.14. The Morgan fingerprint density at radius 3 is 2.47 bits per heavy atom. The Morgan fingerprint density at radius 2 is 1.79 bits per heavy atom. The van der Waals surface area contributed by atoms with Gasteiger partial charge in [0.25, 0.3) is 0 Å². The first-order valence-corrected chi connectivity index (χ1v) is 6.22. The summed E-state index contributed by atoms with van der Waals surface area (Å²) in [4.78, 5) is 0. The standard InChI is InChI=1S/C13H12Cl2FN3/c1-6-2-3-7(14)10(4-6)19-13-9(18)5-8(17)11(15)12(13)16/h2-5,19H,17-18H2,1H3. The van der Waals surface area contributed by atoms with Gasteiger partial charge in [0.05, 0.1) is 27.8 Å². The quantitative estimate of drug-likeness (QED) is 0.722. The predicted octanol–water partition coefficient (Wildman–Crippen LogP) is 4.35. The topological polar surface area (TPSA) is 64.1 Å². The van der Waals surface area contributed by atoms with Crippen molar-refractivity contribution >= 4 is 46.0 Å². The number of rotatable bonds is 2. The average molecular weight is 300 g/mol. The van der Waals surface area contributed by atoms with Crippen LogP contribution >= 0.6 is 23.2 Å². The molecule has 0 aliphatic heterocycles. The normalized spacial score (nSPS) is 10.5. The fraction of sp³-hybridized carbons (Fsp3) is 0.0769. The fourth-order valence-electron chi connectivity index (χ4n) is 1.66. The first-order chi connectivity index (χ1) is 8.90. The molecule has 2 aromatic rings. The second-order valence-corrected chi connectivity index (χ2v) is 4.95. The minimum Gasteiger partial charge on any atom is -0.397 e. The SMILES string of the molecule is Cc1ccc(Cl)c(Nc2c(N)cc(N)c(Cl)c2F)c1. The van der Waals surface area contributed by atoms with E-state index in [-0.39, 0.29) is 22.1 Å². The Morgan fingerprint density at radius 1 is 1.11 bits per heavy atom. The van der Waals surface area contributed by atoms with E-state index in [1.807, 2.05) is 13.0 Å². The third-order valence-corrected chi connectivity index (χ3v) is 3.36. The van der Waals surface area contributed by atoms with E-state index in [2.05, 4.69) is 5.32 Å². The van der Waals surface area contributed by atoms with Crippen LogP contribution in [-0.2, 0) is 0 Å². The molecule has 19 heavy (non-hydrogen) atoms. The number of halogens is 3. The molecule has 0 fully saturated rings. The molecule has 0 saturated carbocycles. The number of aryl methyl sites for hydroxylation is 1. The van der Waals surface area contributed by atoms with Gasteiger partial charge in [-0.3, -0.25) is 0 Å². The zero-order chi connectivity index (χ0) is 14.2. The number of hydrogen-bond donors (Lipinski definition) is 3. The van der Waals surface area contributed by atoms with Gasteiger partial charge in [-0.05, 0) is 30.7 Å². The number of hydrogen-bond acceptors (Lipinski definition) is 3. The highest BCUT2D eigenvalue weighted by Gasteiger charge is 2.15. The van der Waals surface area contributed by atoms with Gasteiger partial charge >= 0.3 is 0 Å². The molecule has 0 aliphatic rings. The summed E-state index contributed by atoms with van der Waals surface area (Å²) < 4.78 is 14.0. The molecule has 0 amide bonds. The van der Waals surface area contributed by atoms with Crippen LogP contribution in [0.2, 0.25) is 10.0 Å². The van der Waals surface area contributed by atoms with Crippen molar-refractivity contribution in [3.63, 3.8) is 0 Å². The summed E-state index contributed by atoms with van der Waals surface area (Å²) in [5.74, 6) is -0.697. The van der Waals surface area contributed by atoms with E-state index in [0.29, 0.717) is 10.7 Å². The molecule has 0 atom stereocenters. The molecule has 0 bridgehead atoms. The summed E-state index contributed by atoms with van der Waals surface area (Å²) in [6.45, 7) is 1.90. The lowest BCUT2D eigenvalue weighted by molar-refractivity contribution is 0.633. The maximum atomic E-state index is 14.0. The van der Waals surface area contributed by atoms with Gasteiger partial charge in [0.2, 0.25) is 0 Å². The minimum absolute atomic E-state index is 0.0618. The molecular formula is C13H12Cl2FN3. The second-order valence-electron chi connectivity index (χ2n) is 4.17. The van der Waals surface area contributed by atoms with Gasteiger partial charge in [0, 0.05) is 0 Å². The van der Waals surface area contributed by atoms with Crippen LogP contribution in [-0.4, -0.2) is 0 Å². The van der Waals surface area contributed by atoms with Crippen molar-refractivity contribution in [2.24, 2.45) is 0 Å². The van der Waals surface area contributed by atoms with Crippen molar-refractivity contribution in [1.29, 1.82) is 0 Å². The summed E-state index contributed by atoms with van der Waals surface area (Å²) in [5.41, 5.74) is 13.1. The van der Waals surface area contributed by atoms with Crippen LogP contribution in [0.15, 0.2) is 24.3 Å². The van der Waals surface area contributed by atoms with Gasteiger partial charge in [-0.1, -0.05) is 29.3 Å². The monoisotopic (exact) mass is 299 g/mol. The highest BCUT2D eigenvalue weighted by Crippen LogP contribution is 2.37. The third-order valence-electron chi connectivity index (χ3n) is 2.65. The number of benzene rings is 2. The maximum absolute atomic E-state index is 14.0. The lowest BCUT2D eigenvalue weighted by atomic mass is 10.2. The molecule has 2 rings (SSSR count). The molecule has 2 aromatic carbocycles. The molecule has 100 valence electrons. The van der Waals surface area contributed by atoms with Gasteiger partial charge in [-0.25, -0.2) is 4.39 Å². The number of nitrogens with one attached hydrogen (secondary N) is 1. The Labute approximate surface area is 120 Å². The van der Waals surface area contributed by atoms with Crippen LogP contribution in [0, 0.1) is 12.7 Å². The zero-order valence-corrected chi connectivity index (χ0v) is 11.6. The van der Waals surface area contributed by atoms with Crippen LogP contribution in [0.1, 0.15) is 5.56 Å². The van der Waals surface area contributed by atoms with Crippen LogP contribution < -0.4 is 16.8 Å². The van der Waals surface area contributed by atoms with E-state index in [1.165, 1.54) is 6.07 Å². The number of anilines is 4. The molecule has 0 aliphatic carbocycles. The average Bonchev–Trinajstić information content (AvgIpc) is 2.36. The first-order valence-electron chi connectivity index (χ1n) is 5.46. The molecule has 0 radical (unpaired) electrons. The van der Waals surface area contributed by atoms with Crippen molar-refractivity contribution in [2.75, 3.05) is 16.8 Å². The van der Waals surface area contributed by atoms with Gasteiger partial charge in [0.15, 0.2) is 5.82 Å². The van der Waals surface area contributed by atoms with Crippen LogP contribution in [0.4, 0.5) is 27.1 Å². The number of nitrogens with two attached hydrogens (primary N) is 2. The Balaban J connectivity index is 2.49. The Bertz CT molecular complexity index is 644. The predicted molar refractivity (Wildman–Crippen MR) is 79.7 cm³/mol. The van der Waals surface area contributed by atoms with Crippen LogP contribution in [0.3, 0.4) is 0 Å². The molecule has 0 unspecified atom stereocenters. The van der Waals surface area contributed by atoms with E-state index in [9.17, 15) is 4.39 Å². The van der Waals surface area contributed by atoms with Gasteiger partial charge in [-0.15, -0.1) is 0 Å². The van der Waals surface area contributed by atoms with E-state index in [0.717, 1.165) is 5.56 Å². The maximum Gasteiger partial charge on any atom is 0.169 e.